The fraction of sp³-hybridized carbons (Fsp3) is 0.500. The molecule has 0 heterocycles. The van der Waals surface area contributed by atoms with Crippen molar-refractivity contribution in [3.8, 4) is 11.8 Å². The minimum atomic E-state index is -3.48. The molecule has 0 radical (unpaired) electrons. The van der Waals surface area contributed by atoms with E-state index in [1.165, 1.54) is 12.1 Å². The quantitative estimate of drug-likeness (QED) is 0.600. The van der Waals surface area contributed by atoms with Crippen LogP contribution in [0.1, 0.15) is 45.1 Å². The van der Waals surface area contributed by atoms with Crippen molar-refractivity contribution in [1.29, 1.82) is 0 Å². The second kappa shape index (κ2) is 8.83. The highest BCUT2D eigenvalue weighted by atomic mass is 32.2. The number of nitrogens with one attached hydrogen (secondary N) is 1. The van der Waals surface area contributed by atoms with Crippen molar-refractivity contribution < 1.29 is 13.5 Å². The van der Waals surface area contributed by atoms with Crippen LogP contribution in [0.5, 0.6) is 0 Å². The highest BCUT2D eigenvalue weighted by Crippen LogP contribution is 2.12. The van der Waals surface area contributed by atoms with E-state index in [1.54, 1.807) is 12.1 Å². The summed E-state index contributed by atoms with van der Waals surface area (Å²) < 4.78 is 27.1. The van der Waals surface area contributed by atoms with E-state index in [2.05, 4.69) is 23.5 Å². The number of benzene rings is 1. The molecule has 4 nitrogen and oxygen atoms in total. The second-order valence-corrected chi connectivity index (χ2v) is 6.72. The number of hydrogen-bond donors (Lipinski definition) is 2. The maximum absolute atomic E-state index is 12.2. The zero-order valence-corrected chi connectivity index (χ0v) is 13.4. The molecular formula is C16H23NO3S. The van der Waals surface area contributed by atoms with Crippen molar-refractivity contribution in [3.63, 3.8) is 0 Å². The third-order valence-corrected chi connectivity index (χ3v) is 4.68. The van der Waals surface area contributed by atoms with E-state index in [-0.39, 0.29) is 17.5 Å². The second-order valence-electron chi connectivity index (χ2n) is 5.00. The van der Waals surface area contributed by atoms with Crippen molar-refractivity contribution in [3.05, 3.63) is 29.8 Å². The molecule has 0 aliphatic carbocycles. The Morgan fingerprint density at radius 1 is 1.24 bits per heavy atom. The van der Waals surface area contributed by atoms with Crippen molar-refractivity contribution in [1.82, 2.24) is 4.72 Å². The van der Waals surface area contributed by atoms with Crippen LogP contribution in [0.15, 0.2) is 29.2 Å². The van der Waals surface area contributed by atoms with E-state index in [1.807, 2.05) is 6.92 Å². The van der Waals surface area contributed by atoms with Crippen LogP contribution in [-0.4, -0.2) is 26.2 Å². The standard InChI is InChI=1S/C16H23NO3S/c1-3-4-5-7-14(2)17-21(19,20)16-11-9-15(10-12-16)8-6-13-18/h9-12,14,17-18H,3-5,7,13H2,1-2H3. The molecule has 0 spiro atoms. The lowest BCUT2D eigenvalue weighted by molar-refractivity contribution is 0.350. The van der Waals surface area contributed by atoms with Gasteiger partial charge in [-0.1, -0.05) is 38.0 Å². The Kier molecular flexibility index (Phi) is 7.44. The van der Waals surface area contributed by atoms with Gasteiger partial charge in [0.15, 0.2) is 0 Å². The van der Waals surface area contributed by atoms with Gasteiger partial charge in [-0.15, -0.1) is 0 Å². The first-order valence-corrected chi connectivity index (χ1v) is 8.70. The van der Waals surface area contributed by atoms with Gasteiger partial charge < -0.3 is 5.11 Å². The van der Waals surface area contributed by atoms with Gasteiger partial charge in [-0.25, -0.2) is 13.1 Å². The molecule has 5 heteroatoms. The zero-order valence-electron chi connectivity index (χ0n) is 12.6. The monoisotopic (exact) mass is 309 g/mol. The molecule has 21 heavy (non-hydrogen) atoms. The molecule has 1 aromatic rings. The molecule has 0 fully saturated rings. The van der Waals surface area contributed by atoms with E-state index < -0.39 is 10.0 Å². The number of unbranched alkanes of at least 4 members (excludes halogenated alkanes) is 2. The van der Waals surface area contributed by atoms with E-state index in [0.29, 0.717) is 5.56 Å². The highest BCUT2D eigenvalue weighted by Gasteiger charge is 2.16. The molecule has 116 valence electrons. The lowest BCUT2D eigenvalue weighted by atomic mass is 10.1. The summed E-state index contributed by atoms with van der Waals surface area (Å²) in [6, 6.07) is 6.26. The minimum Gasteiger partial charge on any atom is -0.384 e. The topological polar surface area (TPSA) is 66.4 Å². The van der Waals surface area contributed by atoms with E-state index in [0.717, 1.165) is 25.7 Å². The van der Waals surface area contributed by atoms with Gasteiger partial charge in [0, 0.05) is 11.6 Å². The molecule has 1 unspecified atom stereocenters. The Bertz CT molecular complexity index is 582. The third-order valence-electron chi connectivity index (χ3n) is 3.07. The summed E-state index contributed by atoms with van der Waals surface area (Å²) in [5.74, 6) is 5.26. The van der Waals surface area contributed by atoms with Crippen LogP contribution in [0, 0.1) is 11.8 Å². The molecule has 0 aliphatic heterocycles. The van der Waals surface area contributed by atoms with Gasteiger partial charge in [-0.3, -0.25) is 0 Å². The van der Waals surface area contributed by atoms with Gasteiger partial charge in [0.05, 0.1) is 4.90 Å². The number of aliphatic hydroxyl groups excluding tert-OH is 1. The summed E-state index contributed by atoms with van der Waals surface area (Å²) in [6.07, 6.45) is 4.10. The molecule has 0 bridgehead atoms. The van der Waals surface area contributed by atoms with Gasteiger partial charge >= 0.3 is 0 Å². The molecule has 0 saturated heterocycles. The molecule has 0 aromatic heterocycles. The lowest BCUT2D eigenvalue weighted by Gasteiger charge is -2.14. The molecule has 0 aliphatic rings. The minimum absolute atomic E-state index is 0.0737. The van der Waals surface area contributed by atoms with Crippen molar-refractivity contribution in [2.45, 2.75) is 50.5 Å². The first-order valence-electron chi connectivity index (χ1n) is 7.21. The fourth-order valence-corrected chi connectivity index (χ4v) is 3.23. The summed E-state index contributed by atoms with van der Waals surface area (Å²) in [5, 5.41) is 8.62. The number of sulfonamides is 1. The van der Waals surface area contributed by atoms with Crippen LogP contribution in [0.4, 0.5) is 0 Å². The summed E-state index contributed by atoms with van der Waals surface area (Å²) >= 11 is 0. The number of hydrogen-bond acceptors (Lipinski definition) is 3. The summed E-state index contributed by atoms with van der Waals surface area (Å²) in [4.78, 5) is 0.236. The summed E-state index contributed by atoms with van der Waals surface area (Å²) in [5.41, 5.74) is 0.680. The lowest BCUT2D eigenvalue weighted by Crippen LogP contribution is -2.32. The Labute approximate surface area is 127 Å². The first kappa shape index (κ1) is 17.7. The van der Waals surface area contributed by atoms with Crippen molar-refractivity contribution in [2.75, 3.05) is 6.61 Å². The van der Waals surface area contributed by atoms with Crippen LogP contribution in [-0.2, 0) is 10.0 Å². The van der Waals surface area contributed by atoms with Crippen LogP contribution in [0.2, 0.25) is 0 Å². The molecule has 0 amide bonds. The van der Waals surface area contributed by atoms with Crippen molar-refractivity contribution in [2.24, 2.45) is 0 Å². The predicted octanol–water partition coefficient (Wildman–Crippen LogP) is 2.28. The van der Waals surface area contributed by atoms with Crippen LogP contribution < -0.4 is 4.72 Å². The average molecular weight is 309 g/mol. The average Bonchev–Trinajstić information content (AvgIpc) is 2.45. The van der Waals surface area contributed by atoms with E-state index in [9.17, 15) is 8.42 Å². The van der Waals surface area contributed by atoms with Gasteiger partial charge in [-0.2, -0.15) is 0 Å². The van der Waals surface area contributed by atoms with Gasteiger partial charge in [-0.05, 0) is 37.6 Å². The van der Waals surface area contributed by atoms with E-state index in [4.69, 9.17) is 5.11 Å². The SMILES string of the molecule is CCCCCC(C)NS(=O)(=O)c1ccc(C#CCO)cc1. The molecule has 1 atom stereocenters. The maximum Gasteiger partial charge on any atom is 0.240 e. The first-order chi connectivity index (χ1) is 9.99. The van der Waals surface area contributed by atoms with Crippen LogP contribution >= 0.6 is 0 Å². The van der Waals surface area contributed by atoms with Gasteiger partial charge in [0.25, 0.3) is 0 Å². The Balaban J connectivity index is 2.69. The van der Waals surface area contributed by atoms with E-state index >= 15 is 0 Å². The Hall–Kier alpha value is -1.35. The Morgan fingerprint density at radius 2 is 1.90 bits per heavy atom. The molecule has 1 rings (SSSR count). The molecular weight excluding hydrogens is 286 g/mol. The third kappa shape index (κ3) is 6.30. The summed E-state index contributed by atoms with van der Waals surface area (Å²) in [7, 11) is -3.48. The number of aliphatic hydroxyl groups is 1. The highest BCUT2D eigenvalue weighted by molar-refractivity contribution is 7.89. The smallest absolute Gasteiger partial charge is 0.240 e. The van der Waals surface area contributed by atoms with Gasteiger partial charge in [0.1, 0.15) is 6.61 Å². The van der Waals surface area contributed by atoms with Crippen LogP contribution in [0.3, 0.4) is 0 Å². The largest absolute Gasteiger partial charge is 0.384 e. The fourth-order valence-electron chi connectivity index (χ4n) is 1.95. The molecule has 2 N–H and O–H groups in total. The Morgan fingerprint density at radius 3 is 2.48 bits per heavy atom. The zero-order chi connectivity index (χ0) is 15.7. The maximum atomic E-state index is 12.2. The van der Waals surface area contributed by atoms with Crippen LogP contribution in [0.25, 0.3) is 0 Å². The summed E-state index contributed by atoms with van der Waals surface area (Å²) in [6.45, 7) is 3.79. The number of rotatable bonds is 7. The molecule has 1 aromatic carbocycles. The van der Waals surface area contributed by atoms with Gasteiger partial charge in [0.2, 0.25) is 10.0 Å². The predicted molar refractivity (Wildman–Crippen MR) is 84.3 cm³/mol. The van der Waals surface area contributed by atoms with Crippen molar-refractivity contribution >= 4 is 10.0 Å². The molecule has 0 saturated carbocycles. The normalized spacial score (nSPS) is 12.5.